The first-order chi connectivity index (χ1) is 21.4. The lowest BCUT2D eigenvalue weighted by Crippen LogP contribution is -2.45. The molecule has 1 saturated heterocycles. The van der Waals surface area contributed by atoms with E-state index in [9.17, 15) is 18.0 Å². The fourth-order valence-corrected chi connectivity index (χ4v) is 7.61. The smallest absolute Gasteiger partial charge is 0.394 e. The molecule has 1 amide bonds. The first kappa shape index (κ1) is 31.4. The van der Waals surface area contributed by atoms with Gasteiger partial charge in [-0.3, -0.25) is 9.52 Å². The predicted octanol–water partition coefficient (Wildman–Crippen LogP) is 6.55. The van der Waals surface area contributed by atoms with Crippen LogP contribution in [0.15, 0.2) is 47.6 Å². The summed E-state index contributed by atoms with van der Waals surface area (Å²) >= 11 is 0. The molecule has 1 N–H and O–H groups in total. The third-order valence-electron chi connectivity index (χ3n) is 9.32. The van der Waals surface area contributed by atoms with Crippen molar-refractivity contribution in [1.29, 1.82) is 0 Å². The maximum Gasteiger partial charge on any atom is 0.394 e. The van der Waals surface area contributed by atoms with Gasteiger partial charge >= 0.3 is 6.18 Å². The van der Waals surface area contributed by atoms with Crippen LogP contribution in [0.1, 0.15) is 76.1 Å². The second-order valence-electron chi connectivity index (χ2n) is 12.8. The summed E-state index contributed by atoms with van der Waals surface area (Å²) in [6, 6.07) is 11.2. The maximum absolute atomic E-state index is 14.0. The molecule has 2 bridgehead atoms. The van der Waals surface area contributed by atoms with Gasteiger partial charge in [0.05, 0.1) is 17.6 Å². The van der Waals surface area contributed by atoms with E-state index < -0.39 is 22.3 Å². The van der Waals surface area contributed by atoms with Crippen LogP contribution < -0.4 is 19.3 Å². The van der Waals surface area contributed by atoms with Gasteiger partial charge in [0, 0.05) is 37.4 Å². The molecule has 0 aromatic carbocycles. The Hall–Kier alpha value is -3.61. The van der Waals surface area contributed by atoms with Gasteiger partial charge in [0.25, 0.3) is 5.91 Å². The van der Waals surface area contributed by atoms with E-state index >= 15 is 0 Å². The lowest BCUT2D eigenvalue weighted by molar-refractivity contribution is -0.190. The highest BCUT2D eigenvalue weighted by Gasteiger charge is 2.62. The lowest BCUT2D eigenvalue weighted by atomic mass is 10.0. The molecule has 1 saturated carbocycles. The average Bonchev–Trinajstić information content (AvgIpc) is 3.56. The van der Waals surface area contributed by atoms with Crippen molar-refractivity contribution >= 4 is 33.6 Å². The number of pyridine rings is 2. The van der Waals surface area contributed by atoms with Gasteiger partial charge in [0.15, 0.2) is 5.82 Å². The highest BCUT2D eigenvalue weighted by molar-refractivity contribution is 8.13. The SMILES string of the molecule is C/C=S1/NC(=O)c2ccc(-n3ccc(OCCC4(C(F)(F)F)CC4)n3)nc2N2C(CCCN(C)c3cccc1n3)CCC2(C)C. The zero-order valence-corrected chi connectivity index (χ0v) is 26.9. The summed E-state index contributed by atoms with van der Waals surface area (Å²) in [5.74, 6) is 1.94. The van der Waals surface area contributed by atoms with Crippen LogP contribution in [0.4, 0.5) is 24.8 Å². The van der Waals surface area contributed by atoms with Gasteiger partial charge in [-0.1, -0.05) is 6.07 Å². The van der Waals surface area contributed by atoms with E-state index in [1.54, 1.807) is 29.1 Å². The molecule has 0 radical (unpaired) electrons. The summed E-state index contributed by atoms with van der Waals surface area (Å²) < 4.78 is 50.3. The van der Waals surface area contributed by atoms with Crippen molar-refractivity contribution in [1.82, 2.24) is 24.5 Å². The van der Waals surface area contributed by atoms with Gasteiger partial charge in [-0.05, 0) is 106 Å². The number of hydrogen-bond acceptors (Lipinski definition) is 7. The lowest BCUT2D eigenvalue weighted by Gasteiger charge is -2.38. The first-order valence-electron chi connectivity index (χ1n) is 15.5. The Morgan fingerprint density at radius 3 is 2.62 bits per heavy atom. The summed E-state index contributed by atoms with van der Waals surface area (Å²) in [7, 11) is 1.31. The third-order valence-corrected chi connectivity index (χ3v) is 10.9. The Morgan fingerprint density at radius 1 is 1.09 bits per heavy atom. The third kappa shape index (κ3) is 6.28. The van der Waals surface area contributed by atoms with Crippen LogP contribution in [0.25, 0.3) is 5.82 Å². The van der Waals surface area contributed by atoms with Crippen molar-refractivity contribution in [3.8, 4) is 11.7 Å². The Labute approximate surface area is 264 Å². The number of rotatable bonds is 5. The number of ether oxygens (including phenoxy) is 1. The number of carbonyl (C=O) groups excluding carboxylic acids is 1. The molecule has 1 aliphatic carbocycles. The Kier molecular flexibility index (Phi) is 8.34. The highest BCUT2D eigenvalue weighted by atomic mass is 32.2. The van der Waals surface area contributed by atoms with E-state index in [1.807, 2.05) is 37.5 Å². The zero-order chi connectivity index (χ0) is 32.0. The zero-order valence-electron chi connectivity index (χ0n) is 26.1. The molecule has 45 heavy (non-hydrogen) atoms. The van der Waals surface area contributed by atoms with E-state index in [2.05, 4.69) is 33.5 Å². The fourth-order valence-electron chi connectivity index (χ4n) is 6.42. The van der Waals surface area contributed by atoms with Crippen molar-refractivity contribution in [2.45, 2.75) is 88.5 Å². The van der Waals surface area contributed by atoms with E-state index in [1.165, 1.54) is 0 Å². The van der Waals surface area contributed by atoms with Gasteiger partial charge in [0.1, 0.15) is 16.7 Å². The molecule has 5 heterocycles. The number of carbonyl (C=O) groups is 1. The average molecular weight is 644 g/mol. The van der Waals surface area contributed by atoms with Crippen LogP contribution in [0.3, 0.4) is 0 Å². The van der Waals surface area contributed by atoms with Crippen molar-refractivity contribution in [2.24, 2.45) is 5.41 Å². The number of nitrogens with zero attached hydrogens (tertiary/aromatic N) is 6. The van der Waals surface area contributed by atoms with Gasteiger partial charge in [-0.25, -0.2) is 14.6 Å². The number of alkyl halides is 3. The van der Waals surface area contributed by atoms with Crippen LogP contribution in [-0.4, -0.2) is 69.0 Å². The Morgan fingerprint density at radius 2 is 1.89 bits per heavy atom. The van der Waals surface area contributed by atoms with Crippen molar-refractivity contribution in [2.75, 3.05) is 30.0 Å². The molecule has 9 nitrogen and oxygen atoms in total. The number of amides is 1. The number of halogens is 3. The summed E-state index contributed by atoms with van der Waals surface area (Å²) in [4.78, 5) is 28.3. The molecule has 0 spiro atoms. The van der Waals surface area contributed by atoms with E-state index in [0.29, 0.717) is 17.2 Å². The summed E-state index contributed by atoms with van der Waals surface area (Å²) in [6.45, 7) is 7.06. The predicted molar refractivity (Wildman–Crippen MR) is 171 cm³/mol. The van der Waals surface area contributed by atoms with Crippen molar-refractivity contribution in [3.63, 3.8) is 0 Å². The van der Waals surface area contributed by atoms with Gasteiger partial charge in [-0.2, -0.15) is 13.2 Å². The largest absolute Gasteiger partial charge is 0.477 e. The van der Waals surface area contributed by atoms with E-state index in [4.69, 9.17) is 14.7 Å². The quantitative estimate of drug-likeness (QED) is 0.316. The number of nitrogens with one attached hydrogen (secondary N) is 1. The topological polar surface area (TPSA) is 88.4 Å². The molecule has 2 unspecified atom stereocenters. The summed E-state index contributed by atoms with van der Waals surface area (Å²) in [5.41, 5.74) is -1.40. The monoisotopic (exact) mass is 643 g/mol. The van der Waals surface area contributed by atoms with E-state index in [0.717, 1.165) is 43.1 Å². The van der Waals surface area contributed by atoms with Crippen LogP contribution in [0.2, 0.25) is 0 Å². The Balaban J connectivity index is 1.32. The minimum atomic E-state index is -4.21. The molecule has 242 valence electrons. The van der Waals surface area contributed by atoms with Crippen molar-refractivity contribution in [3.05, 3.63) is 48.2 Å². The standard InChI is InChI=1S/C32H40F3N7O2S/c1-5-45-27-10-6-9-24(36-27)40(4)19-7-8-22-13-15-30(2,3)42(22)28-23(29(43)39-45)11-12-25(37-28)41-20-14-26(38-41)44-21-18-31(16-17-31)32(33,34)35/h5-6,9-12,14,20,22H,7-8,13,15-19,21H2,1-4H3,(H,39,43). The van der Waals surface area contributed by atoms with Crippen LogP contribution >= 0.6 is 10.7 Å². The number of fused-ring (bicyclic) bond motifs is 5. The molecule has 2 fully saturated rings. The molecule has 2 atom stereocenters. The normalized spacial score (nSPS) is 22.8. The second-order valence-corrected chi connectivity index (χ2v) is 14.6. The molecule has 3 aromatic rings. The van der Waals surface area contributed by atoms with Gasteiger partial charge in [0.2, 0.25) is 5.88 Å². The number of hydrogen-bond donors (Lipinski definition) is 1. The molecule has 2 aliphatic heterocycles. The summed E-state index contributed by atoms with van der Waals surface area (Å²) in [5, 5.41) is 7.19. The molecule has 13 heteroatoms. The fraction of sp³-hybridized carbons (Fsp3) is 0.531. The molecular formula is C32H40F3N7O2S. The van der Waals surface area contributed by atoms with Crippen LogP contribution in [0.5, 0.6) is 5.88 Å². The van der Waals surface area contributed by atoms with E-state index in [-0.39, 0.29) is 49.2 Å². The van der Waals surface area contributed by atoms with Gasteiger partial charge < -0.3 is 14.5 Å². The second kappa shape index (κ2) is 12.0. The van der Waals surface area contributed by atoms with Crippen LogP contribution in [-0.2, 0) is 0 Å². The van der Waals surface area contributed by atoms with Gasteiger partial charge in [-0.15, -0.1) is 5.10 Å². The minimum absolute atomic E-state index is 0.0682. The van der Waals surface area contributed by atoms with Crippen LogP contribution in [0, 0.1) is 5.41 Å². The summed E-state index contributed by atoms with van der Waals surface area (Å²) in [6.07, 6.45) is 1.46. The number of anilines is 2. The molecule has 3 aliphatic rings. The first-order valence-corrected chi connectivity index (χ1v) is 16.8. The number of aromatic nitrogens is 4. The Bertz CT molecular complexity index is 1600. The minimum Gasteiger partial charge on any atom is -0.477 e. The molecule has 3 aromatic heterocycles. The molecule has 6 rings (SSSR count). The van der Waals surface area contributed by atoms with Crippen molar-refractivity contribution < 1.29 is 22.7 Å². The maximum atomic E-state index is 14.0. The highest BCUT2D eigenvalue weighted by Crippen LogP contribution is 2.59. The molecular weight excluding hydrogens is 603 g/mol.